The van der Waals surface area contributed by atoms with E-state index in [0.717, 1.165) is 12.1 Å². The fourth-order valence-electron chi connectivity index (χ4n) is 3.16. The predicted octanol–water partition coefficient (Wildman–Crippen LogP) is 0.407. The summed E-state index contributed by atoms with van der Waals surface area (Å²) in [6.07, 6.45) is 0.0591. The molecule has 6 nitrogen and oxygen atoms in total. The van der Waals surface area contributed by atoms with Crippen molar-refractivity contribution in [2.45, 2.75) is 19.1 Å². The van der Waals surface area contributed by atoms with E-state index in [4.69, 9.17) is 4.74 Å². The minimum absolute atomic E-state index is 0.0146. The fourth-order valence-corrected chi connectivity index (χ4v) is 3.16. The molecule has 0 unspecified atom stereocenters. The van der Waals surface area contributed by atoms with Crippen LogP contribution in [0.4, 0.5) is 0 Å². The predicted molar refractivity (Wildman–Crippen MR) is 85.8 cm³/mol. The molecule has 2 fully saturated rings. The van der Waals surface area contributed by atoms with E-state index < -0.39 is 0 Å². The molecule has 0 aliphatic carbocycles. The Morgan fingerprint density at radius 2 is 2.09 bits per heavy atom. The first-order chi connectivity index (χ1) is 11.1. The SMILES string of the molecule is C[C@@H]1CN(CC(=O)N2CCNC(=O)C2)C[C@H](c2ccccc2)O1. The zero-order chi connectivity index (χ0) is 16.2. The third kappa shape index (κ3) is 4.09. The van der Waals surface area contributed by atoms with Gasteiger partial charge < -0.3 is 15.0 Å². The summed E-state index contributed by atoms with van der Waals surface area (Å²) in [4.78, 5) is 27.6. The van der Waals surface area contributed by atoms with Gasteiger partial charge in [-0.05, 0) is 12.5 Å². The van der Waals surface area contributed by atoms with Crippen LogP contribution in [-0.4, -0.2) is 67.0 Å². The highest BCUT2D eigenvalue weighted by Crippen LogP contribution is 2.24. The number of hydrogen-bond acceptors (Lipinski definition) is 4. The van der Waals surface area contributed by atoms with E-state index in [1.54, 1.807) is 4.90 Å². The molecule has 23 heavy (non-hydrogen) atoms. The first-order valence-corrected chi connectivity index (χ1v) is 8.09. The fraction of sp³-hybridized carbons (Fsp3) is 0.529. The van der Waals surface area contributed by atoms with Crippen LogP contribution in [0.5, 0.6) is 0 Å². The second kappa shape index (κ2) is 7.10. The lowest BCUT2D eigenvalue weighted by atomic mass is 10.1. The Morgan fingerprint density at radius 1 is 1.30 bits per heavy atom. The number of nitrogens with zero attached hydrogens (tertiary/aromatic N) is 2. The average Bonchev–Trinajstić information content (AvgIpc) is 2.55. The summed E-state index contributed by atoms with van der Waals surface area (Å²) in [5.41, 5.74) is 1.13. The maximum Gasteiger partial charge on any atom is 0.239 e. The molecule has 1 aromatic rings. The van der Waals surface area contributed by atoms with Crippen molar-refractivity contribution < 1.29 is 14.3 Å². The van der Waals surface area contributed by atoms with Gasteiger partial charge in [0, 0.05) is 26.2 Å². The maximum absolute atomic E-state index is 12.4. The minimum atomic E-state index is -0.0814. The van der Waals surface area contributed by atoms with Gasteiger partial charge in [-0.15, -0.1) is 0 Å². The lowest BCUT2D eigenvalue weighted by Gasteiger charge is -2.38. The number of hydrogen-bond donors (Lipinski definition) is 1. The summed E-state index contributed by atoms with van der Waals surface area (Å²) in [5.74, 6) is -0.0668. The molecule has 6 heteroatoms. The van der Waals surface area contributed by atoms with Crippen LogP contribution in [0.25, 0.3) is 0 Å². The van der Waals surface area contributed by atoms with Gasteiger partial charge in [0.25, 0.3) is 0 Å². The Kier molecular flexibility index (Phi) is 4.93. The molecular formula is C17H23N3O3. The number of piperazine rings is 1. The van der Waals surface area contributed by atoms with Crippen molar-refractivity contribution in [3.8, 4) is 0 Å². The summed E-state index contributed by atoms with van der Waals surface area (Å²) < 4.78 is 6.02. The monoisotopic (exact) mass is 317 g/mol. The second-order valence-electron chi connectivity index (χ2n) is 6.21. The molecule has 2 heterocycles. The van der Waals surface area contributed by atoms with Crippen LogP contribution in [0.1, 0.15) is 18.6 Å². The van der Waals surface area contributed by atoms with Crippen molar-refractivity contribution in [3.05, 3.63) is 35.9 Å². The molecule has 2 aliphatic rings. The lowest BCUT2D eigenvalue weighted by molar-refractivity contribution is -0.142. The molecule has 2 saturated heterocycles. The molecule has 1 N–H and O–H groups in total. The largest absolute Gasteiger partial charge is 0.368 e. The quantitative estimate of drug-likeness (QED) is 0.877. The average molecular weight is 317 g/mol. The molecule has 0 aromatic heterocycles. The molecule has 0 spiro atoms. The zero-order valence-corrected chi connectivity index (χ0v) is 13.4. The van der Waals surface area contributed by atoms with Crippen LogP contribution in [-0.2, 0) is 14.3 Å². The number of carbonyl (C=O) groups excluding carboxylic acids is 2. The first kappa shape index (κ1) is 16.0. The number of morpholine rings is 1. The van der Waals surface area contributed by atoms with Crippen LogP contribution in [0.2, 0.25) is 0 Å². The molecule has 2 atom stereocenters. The number of benzene rings is 1. The van der Waals surface area contributed by atoms with E-state index in [2.05, 4.69) is 22.3 Å². The molecular weight excluding hydrogens is 294 g/mol. The van der Waals surface area contributed by atoms with Gasteiger partial charge >= 0.3 is 0 Å². The molecule has 2 amide bonds. The Balaban J connectivity index is 1.61. The third-order valence-electron chi connectivity index (χ3n) is 4.26. The Labute approximate surface area is 136 Å². The highest BCUT2D eigenvalue weighted by molar-refractivity contribution is 5.86. The molecule has 0 saturated carbocycles. The number of amides is 2. The Bertz CT molecular complexity index is 563. The van der Waals surface area contributed by atoms with Gasteiger partial charge in [0.05, 0.1) is 25.3 Å². The van der Waals surface area contributed by atoms with Crippen molar-refractivity contribution in [1.82, 2.24) is 15.1 Å². The molecule has 124 valence electrons. The van der Waals surface area contributed by atoms with Crippen LogP contribution in [0.15, 0.2) is 30.3 Å². The minimum Gasteiger partial charge on any atom is -0.368 e. The first-order valence-electron chi connectivity index (χ1n) is 8.09. The third-order valence-corrected chi connectivity index (χ3v) is 4.26. The van der Waals surface area contributed by atoms with Crippen LogP contribution in [0.3, 0.4) is 0 Å². The van der Waals surface area contributed by atoms with Crippen LogP contribution in [0, 0.1) is 0 Å². The molecule has 0 radical (unpaired) electrons. The smallest absolute Gasteiger partial charge is 0.239 e. The van der Waals surface area contributed by atoms with Crippen LogP contribution >= 0.6 is 0 Å². The lowest BCUT2D eigenvalue weighted by Crippen LogP contribution is -2.54. The second-order valence-corrected chi connectivity index (χ2v) is 6.21. The summed E-state index contributed by atoms with van der Waals surface area (Å²) in [5, 5.41) is 2.74. The van der Waals surface area contributed by atoms with Crippen molar-refractivity contribution in [1.29, 1.82) is 0 Å². The summed E-state index contributed by atoms with van der Waals surface area (Å²) in [6.45, 7) is 5.09. The van der Waals surface area contributed by atoms with Crippen molar-refractivity contribution in [3.63, 3.8) is 0 Å². The van der Waals surface area contributed by atoms with E-state index in [1.165, 1.54) is 0 Å². The summed E-state index contributed by atoms with van der Waals surface area (Å²) in [6, 6.07) is 10.1. The van der Waals surface area contributed by atoms with Crippen molar-refractivity contribution >= 4 is 11.8 Å². The topological polar surface area (TPSA) is 61.9 Å². The zero-order valence-electron chi connectivity index (χ0n) is 13.4. The molecule has 1 aromatic carbocycles. The Hall–Kier alpha value is -1.92. The molecule has 0 bridgehead atoms. The van der Waals surface area contributed by atoms with E-state index in [1.807, 2.05) is 25.1 Å². The van der Waals surface area contributed by atoms with E-state index in [9.17, 15) is 9.59 Å². The molecule has 3 rings (SSSR count). The van der Waals surface area contributed by atoms with E-state index >= 15 is 0 Å². The number of nitrogens with one attached hydrogen (secondary N) is 1. The highest BCUT2D eigenvalue weighted by Gasteiger charge is 2.29. The Morgan fingerprint density at radius 3 is 2.83 bits per heavy atom. The van der Waals surface area contributed by atoms with Gasteiger partial charge in [-0.1, -0.05) is 30.3 Å². The van der Waals surface area contributed by atoms with Gasteiger partial charge in [0.15, 0.2) is 0 Å². The summed E-state index contributed by atoms with van der Waals surface area (Å²) in [7, 11) is 0. The number of ether oxygens (including phenoxy) is 1. The standard InChI is InChI=1S/C17H23N3O3/c1-13-9-19(10-15(23-13)14-5-3-2-4-6-14)12-17(22)20-8-7-18-16(21)11-20/h2-6,13,15H,7-12H2,1H3,(H,18,21)/t13-,15-/m1/s1. The van der Waals surface area contributed by atoms with Gasteiger partial charge in [-0.2, -0.15) is 0 Å². The summed E-state index contributed by atoms with van der Waals surface area (Å²) >= 11 is 0. The molecule has 2 aliphatic heterocycles. The van der Waals surface area contributed by atoms with Crippen molar-refractivity contribution in [2.24, 2.45) is 0 Å². The van der Waals surface area contributed by atoms with Gasteiger partial charge in [-0.25, -0.2) is 0 Å². The van der Waals surface area contributed by atoms with E-state index in [0.29, 0.717) is 26.2 Å². The normalized spacial score (nSPS) is 26.0. The van der Waals surface area contributed by atoms with Gasteiger partial charge in [0.1, 0.15) is 0 Å². The van der Waals surface area contributed by atoms with Gasteiger partial charge in [0.2, 0.25) is 11.8 Å². The van der Waals surface area contributed by atoms with Crippen LogP contribution < -0.4 is 5.32 Å². The highest BCUT2D eigenvalue weighted by atomic mass is 16.5. The van der Waals surface area contributed by atoms with Crippen molar-refractivity contribution in [2.75, 3.05) is 39.3 Å². The van der Waals surface area contributed by atoms with E-state index in [-0.39, 0.29) is 30.6 Å². The number of carbonyl (C=O) groups is 2. The maximum atomic E-state index is 12.4. The number of rotatable bonds is 3. The van der Waals surface area contributed by atoms with Gasteiger partial charge in [-0.3, -0.25) is 14.5 Å².